The van der Waals surface area contributed by atoms with Crippen molar-refractivity contribution in [2.24, 2.45) is 0 Å². The van der Waals surface area contributed by atoms with Gasteiger partial charge in [-0.3, -0.25) is 9.69 Å². The predicted octanol–water partition coefficient (Wildman–Crippen LogP) is 3.13. The minimum atomic E-state index is -0.00253. The molecule has 0 aliphatic heterocycles. The van der Waals surface area contributed by atoms with Crippen molar-refractivity contribution in [3.8, 4) is 22.8 Å². The molecule has 0 aliphatic carbocycles. The highest BCUT2D eigenvalue weighted by atomic mass is 32.1. The Morgan fingerprint density at radius 2 is 1.96 bits per heavy atom. The van der Waals surface area contributed by atoms with Crippen LogP contribution < -0.4 is 14.4 Å². The van der Waals surface area contributed by atoms with E-state index in [4.69, 9.17) is 9.47 Å². The zero-order chi connectivity index (χ0) is 18.4. The molecule has 0 saturated carbocycles. The molecule has 1 aromatic carbocycles. The van der Waals surface area contributed by atoms with E-state index in [9.17, 15) is 4.79 Å². The van der Waals surface area contributed by atoms with E-state index < -0.39 is 0 Å². The van der Waals surface area contributed by atoms with Crippen LogP contribution in [0.1, 0.15) is 13.3 Å². The van der Waals surface area contributed by atoms with Crippen LogP contribution in [0.3, 0.4) is 0 Å². The Morgan fingerprint density at radius 3 is 2.56 bits per heavy atom. The van der Waals surface area contributed by atoms with Gasteiger partial charge in [-0.1, -0.05) is 0 Å². The fourth-order valence-electron chi connectivity index (χ4n) is 2.46. The van der Waals surface area contributed by atoms with E-state index in [1.54, 1.807) is 26.0 Å². The number of anilines is 1. The maximum atomic E-state index is 12.0. The molecule has 7 heteroatoms. The number of benzene rings is 1. The summed E-state index contributed by atoms with van der Waals surface area (Å²) in [4.78, 5) is 20.5. The van der Waals surface area contributed by atoms with Crippen LogP contribution in [0.25, 0.3) is 11.3 Å². The molecule has 1 aromatic heterocycles. The van der Waals surface area contributed by atoms with Crippen molar-refractivity contribution >= 4 is 22.4 Å². The summed E-state index contributed by atoms with van der Waals surface area (Å²) in [5, 5.41) is 2.64. The van der Waals surface area contributed by atoms with Gasteiger partial charge >= 0.3 is 0 Å². The minimum Gasteiger partial charge on any atom is -0.497 e. The molecule has 1 heterocycles. The summed E-state index contributed by atoms with van der Waals surface area (Å²) < 4.78 is 10.7. The number of methoxy groups -OCH3 is 2. The Kier molecular flexibility index (Phi) is 6.78. The molecule has 0 unspecified atom stereocenters. The number of thiazole rings is 1. The van der Waals surface area contributed by atoms with Crippen molar-refractivity contribution < 1.29 is 14.3 Å². The summed E-state index contributed by atoms with van der Waals surface area (Å²) >= 11 is 1.46. The van der Waals surface area contributed by atoms with Crippen LogP contribution in [-0.4, -0.2) is 57.2 Å². The number of nitrogens with zero attached hydrogens (tertiary/aromatic N) is 3. The first-order chi connectivity index (χ1) is 12.0. The van der Waals surface area contributed by atoms with E-state index in [2.05, 4.69) is 9.88 Å². The first kappa shape index (κ1) is 19.2. The highest BCUT2D eigenvalue weighted by Gasteiger charge is 2.18. The van der Waals surface area contributed by atoms with E-state index in [0.29, 0.717) is 11.7 Å². The third-order valence-corrected chi connectivity index (χ3v) is 4.64. The molecule has 2 rings (SSSR count). The second kappa shape index (κ2) is 8.82. The molecule has 0 radical (unpaired) electrons. The predicted molar refractivity (Wildman–Crippen MR) is 102 cm³/mol. The normalized spacial score (nSPS) is 10.8. The van der Waals surface area contributed by atoms with E-state index >= 15 is 0 Å². The molecule has 2 aromatic rings. The zero-order valence-electron chi connectivity index (χ0n) is 15.4. The SMILES string of the molecule is COc1ccc(OC)c(-c2csc(N(CCCN(C)C)C(C)=O)n2)c1. The number of hydrogen-bond donors (Lipinski definition) is 0. The van der Waals surface area contributed by atoms with Gasteiger partial charge in [0.15, 0.2) is 5.13 Å². The van der Waals surface area contributed by atoms with Gasteiger partial charge in [0.1, 0.15) is 11.5 Å². The Morgan fingerprint density at radius 1 is 1.20 bits per heavy atom. The van der Waals surface area contributed by atoms with Gasteiger partial charge in [0.2, 0.25) is 5.91 Å². The largest absolute Gasteiger partial charge is 0.497 e. The van der Waals surface area contributed by atoms with Crippen LogP contribution in [-0.2, 0) is 4.79 Å². The number of rotatable bonds is 8. The van der Waals surface area contributed by atoms with Crippen molar-refractivity contribution in [1.82, 2.24) is 9.88 Å². The van der Waals surface area contributed by atoms with Crippen LogP contribution in [0.2, 0.25) is 0 Å². The third kappa shape index (κ3) is 4.93. The lowest BCUT2D eigenvalue weighted by atomic mass is 10.1. The highest BCUT2D eigenvalue weighted by Crippen LogP contribution is 2.35. The van der Waals surface area contributed by atoms with Crippen LogP contribution in [0.5, 0.6) is 11.5 Å². The summed E-state index contributed by atoms with van der Waals surface area (Å²) in [6.07, 6.45) is 0.893. The van der Waals surface area contributed by atoms with Crippen molar-refractivity contribution in [2.45, 2.75) is 13.3 Å². The maximum Gasteiger partial charge on any atom is 0.225 e. The molecule has 25 heavy (non-hydrogen) atoms. The monoisotopic (exact) mass is 363 g/mol. The number of ether oxygens (including phenoxy) is 2. The number of aromatic nitrogens is 1. The smallest absolute Gasteiger partial charge is 0.225 e. The molecule has 0 aliphatic rings. The molecule has 0 fully saturated rings. The third-order valence-electron chi connectivity index (χ3n) is 3.77. The Bertz CT molecular complexity index is 715. The van der Waals surface area contributed by atoms with Crippen LogP contribution in [0.4, 0.5) is 5.13 Å². The van der Waals surface area contributed by atoms with Crippen molar-refractivity contribution in [2.75, 3.05) is 46.3 Å². The molecule has 0 saturated heterocycles. The maximum absolute atomic E-state index is 12.0. The van der Waals surface area contributed by atoms with Gasteiger partial charge in [-0.2, -0.15) is 0 Å². The summed E-state index contributed by atoms with van der Waals surface area (Å²) in [5.41, 5.74) is 1.62. The quantitative estimate of drug-likeness (QED) is 0.721. The molecule has 0 spiro atoms. The van der Waals surface area contributed by atoms with E-state index in [1.807, 2.05) is 37.7 Å². The fourth-order valence-corrected chi connectivity index (χ4v) is 3.35. The van der Waals surface area contributed by atoms with Crippen molar-refractivity contribution in [1.29, 1.82) is 0 Å². The number of carbonyl (C=O) groups is 1. The Hall–Kier alpha value is -2.12. The molecule has 0 atom stereocenters. The minimum absolute atomic E-state index is 0.00253. The average Bonchev–Trinajstić information content (AvgIpc) is 3.06. The van der Waals surface area contributed by atoms with Crippen molar-refractivity contribution in [3.63, 3.8) is 0 Å². The molecule has 6 nitrogen and oxygen atoms in total. The topological polar surface area (TPSA) is 54.9 Å². The number of hydrogen-bond acceptors (Lipinski definition) is 6. The van der Waals surface area contributed by atoms with Crippen LogP contribution >= 0.6 is 11.3 Å². The van der Waals surface area contributed by atoms with Crippen LogP contribution in [0.15, 0.2) is 23.6 Å². The zero-order valence-corrected chi connectivity index (χ0v) is 16.2. The molecular weight excluding hydrogens is 338 g/mol. The first-order valence-corrected chi connectivity index (χ1v) is 8.95. The second-order valence-corrected chi connectivity index (χ2v) is 6.75. The highest BCUT2D eigenvalue weighted by molar-refractivity contribution is 7.14. The lowest BCUT2D eigenvalue weighted by Gasteiger charge is -2.19. The van der Waals surface area contributed by atoms with E-state index in [1.165, 1.54) is 11.3 Å². The summed E-state index contributed by atoms with van der Waals surface area (Å²) in [6.45, 7) is 3.14. The molecule has 1 amide bonds. The van der Waals surface area contributed by atoms with Gasteiger partial charge in [-0.05, 0) is 45.3 Å². The van der Waals surface area contributed by atoms with Gasteiger partial charge in [-0.15, -0.1) is 11.3 Å². The summed E-state index contributed by atoms with van der Waals surface area (Å²) in [5.74, 6) is 1.46. The second-order valence-electron chi connectivity index (χ2n) is 5.91. The molecule has 136 valence electrons. The van der Waals surface area contributed by atoms with Gasteiger partial charge in [0.25, 0.3) is 0 Å². The lowest BCUT2D eigenvalue weighted by molar-refractivity contribution is -0.116. The Balaban J connectivity index is 2.26. The summed E-state index contributed by atoms with van der Waals surface area (Å²) in [7, 11) is 7.30. The summed E-state index contributed by atoms with van der Waals surface area (Å²) in [6, 6.07) is 5.59. The van der Waals surface area contributed by atoms with Gasteiger partial charge in [0, 0.05) is 24.4 Å². The van der Waals surface area contributed by atoms with E-state index in [0.717, 1.165) is 35.7 Å². The van der Waals surface area contributed by atoms with Gasteiger partial charge < -0.3 is 14.4 Å². The average molecular weight is 363 g/mol. The Labute approximate surface area is 153 Å². The van der Waals surface area contributed by atoms with Crippen molar-refractivity contribution in [3.05, 3.63) is 23.6 Å². The fraction of sp³-hybridized carbons (Fsp3) is 0.444. The lowest BCUT2D eigenvalue weighted by Crippen LogP contribution is -2.31. The molecular formula is C18H25N3O3S. The van der Waals surface area contributed by atoms with E-state index in [-0.39, 0.29) is 5.91 Å². The van der Waals surface area contributed by atoms with Crippen LogP contribution in [0, 0.1) is 0 Å². The number of carbonyl (C=O) groups excluding carboxylic acids is 1. The molecule has 0 bridgehead atoms. The standard InChI is InChI=1S/C18H25N3O3S/c1-13(22)21(10-6-9-20(2)3)18-19-16(12-25-18)15-11-14(23-4)7-8-17(15)24-5/h7-8,11-12H,6,9-10H2,1-5H3. The van der Waals surface area contributed by atoms with Gasteiger partial charge in [-0.25, -0.2) is 4.98 Å². The molecule has 0 N–H and O–H groups in total. The number of amides is 1. The van der Waals surface area contributed by atoms with Gasteiger partial charge in [0.05, 0.1) is 19.9 Å². The first-order valence-electron chi connectivity index (χ1n) is 8.07.